The van der Waals surface area contributed by atoms with Crippen molar-refractivity contribution in [3.05, 3.63) is 102 Å². The Balaban J connectivity index is 1.55. The fraction of sp³-hybridized carbons (Fsp3) is 0.174. The summed E-state index contributed by atoms with van der Waals surface area (Å²) in [6.07, 6.45) is 0.826. The molecule has 26 heavy (non-hydrogen) atoms. The standard InChI is InChI=1S/C23H21NOSe/c25-22-23(16-19-10-4-1-5-11-19,26-21-14-8-3-9-15-21)18-24(22)17-20-12-6-2-7-13-20/h1-15H,16-18H2/t23-/m0/s1. The molecule has 3 aromatic rings. The van der Waals surface area contributed by atoms with Crippen LogP contribution < -0.4 is 4.46 Å². The number of hydrogen-bond acceptors (Lipinski definition) is 1. The van der Waals surface area contributed by atoms with Crippen LogP contribution in [0.1, 0.15) is 11.1 Å². The summed E-state index contributed by atoms with van der Waals surface area (Å²) >= 11 is 0.119. The Morgan fingerprint density at radius 1 is 0.769 bits per heavy atom. The number of likely N-dealkylation sites (tertiary alicyclic amines) is 1. The molecule has 1 saturated heterocycles. The second kappa shape index (κ2) is 7.49. The van der Waals surface area contributed by atoms with Crippen LogP contribution in [0, 0.1) is 0 Å². The molecule has 1 aliphatic heterocycles. The molecule has 2 nitrogen and oxygen atoms in total. The Morgan fingerprint density at radius 3 is 1.88 bits per heavy atom. The van der Waals surface area contributed by atoms with Crippen LogP contribution in [0.3, 0.4) is 0 Å². The molecule has 130 valence electrons. The third kappa shape index (κ3) is 3.60. The van der Waals surface area contributed by atoms with Crippen molar-refractivity contribution < 1.29 is 4.79 Å². The van der Waals surface area contributed by atoms with Crippen LogP contribution in [0.2, 0.25) is 4.31 Å². The number of carbonyl (C=O) groups excluding carboxylic acids is 1. The van der Waals surface area contributed by atoms with Gasteiger partial charge in [0.1, 0.15) is 0 Å². The van der Waals surface area contributed by atoms with Crippen LogP contribution in [0.15, 0.2) is 91.0 Å². The summed E-state index contributed by atoms with van der Waals surface area (Å²) in [5.74, 6) is 0.300. The van der Waals surface area contributed by atoms with Gasteiger partial charge in [0.25, 0.3) is 0 Å². The van der Waals surface area contributed by atoms with Gasteiger partial charge in [-0.15, -0.1) is 0 Å². The molecule has 0 bridgehead atoms. The Morgan fingerprint density at radius 2 is 1.31 bits per heavy atom. The number of amides is 1. The molecule has 0 unspecified atom stereocenters. The van der Waals surface area contributed by atoms with E-state index in [1.807, 2.05) is 35.2 Å². The zero-order valence-electron chi connectivity index (χ0n) is 14.5. The van der Waals surface area contributed by atoms with E-state index in [0.29, 0.717) is 12.5 Å². The number of β-lactam (4-membered cyclic amide) rings is 1. The minimum absolute atomic E-state index is 0.119. The first-order valence-corrected chi connectivity index (χ1v) is 10.6. The van der Waals surface area contributed by atoms with Gasteiger partial charge in [-0.05, 0) is 0 Å². The molecule has 0 radical (unpaired) electrons. The second-order valence-corrected chi connectivity index (χ2v) is 9.78. The van der Waals surface area contributed by atoms with Crippen molar-refractivity contribution in [2.75, 3.05) is 6.54 Å². The molecule has 1 fully saturated rings. The van der Waals surface area contributed by atoms with Crippen molar-refractivity contribution in [2.45, 2.75) is 17.3 Å². The van der Waals surface area contributed by atoms with Gasteiger partial charge in [-0.3, -0.25) is 0 Å². The van der Waals surface area contributed by atoms with Gasteiger partial charge in [0.2, 0.25) is 0 Å². The van der Waals surface area contributed by atoms with Crippen LogP contribution >= 0.6 is 0 Å². The summed E-state index contributed by atoms with van der Waals surface area (Å²) in [6.45, 7) is 1.55. The average molecular weight is 406 g/mol. The van der Waals surface area contributed by atoms with Gasteiger partial charge in [-0.25, -0.2) is 0 Å². The van der Waals surface area contributed by atoms with Crippen molar-refractivity contribution in [3.8, 4) is 0 Å². The van der Waals surface area contributed by atoms with E-state index in [0.717, 1.165) is 13.0 Å². The molecule has 1 atom stereocenters. The molecule has 0 saturated carbocycles. The SMILES string of the molecule is O=C1N(Cc2ccccc2)C[C@]1(Cc1ccccc1)[Se]c1ccccc1. The molecule has 1 amide bonds. The summed E-state index contributed by atoms with van der Waals surface area (Å²) in [5, 5.41) is 0. The number of benzene rings is 3. The summed E-state index contributed by atoms with van der Waals surface area (Å²) in [4.78, 5) is 15.2. The Bertz CT molecular complexity index is 823. The monoisotopic (exact) mass is 407 g/mol. The first kappa shape index (κ1) is 17.1. The van der Waals surface area contributed by atoms with Crippen LogP contribution in [0.5, 0.6) is 0 Å². The van der Waals surface area contributed by atoms with Crippen molar-refractivity contribution in [1.82, 2.24) is 4.90 Å². The van der Waals surface area contributed by atoms with Crippen molar-refractivity contribution in [2.24, 2.45) is 0 Å². The number of carbonyl (C=O) groups is 1. The Labute approximate surface area is 161 Å². The summed E-state index contributed by atoms with van der Waals surface area (Å²) < 4.78 is 1.04. The van der Waals surface area contributed by atoms with E-state index in [4.69, 9.17) is 0 Å². The Hall–Kier alpha value is -2.35. The molecule has 1 heterocycles. The molecule has 0 N–H and O–H groups in total. The predicted octanol–water partition coefficient (Wildman–Crippen LogP) is 3.46. The number of nitrogens with zero attached hydrogens (tertiary/aromatic N) is 1. The summed E-state index contributed by atoms with van der Waals surface area (Å²) in [5.41, 5.74) is 2.44. The van der Waals surface area contributed by atoms with E-state index >= 15 is 0 Å². The van der Waals surface area contributed by atoms with Crippen molar-refractivity contribution in [1.29, 1.82) is 0 Å². The van der Waals surface area contributed by atoms with Gasteiger partial charge in [-0.2, -0.15) is 0 Å². The van der Waals surface area contributed by atoms with Gasteiger partial charge >= 0.3 is 161 Å². The average Bonchev–Trinajstić information content (AvgIpc) is 2.70. The van der Waals surface area contributed by atoms with E-state index in [1.54, 1.807) is 0 Å². The molecule has 0 spiro atoms. The summed E-state index contributed by atoms with van der Waals surface area (Å²) in [7, 11) is 0. The first-order chi connectivity index (χ1) is 12.8. The second-order valence-electron chi connectivity index (χ2n) is 6.72. The zero-order valence-corrected chi connectivity index (χ0v) is 16.3. The minimum atomic E-state index is -0.259. The Kier molecular flexibility index (Phi) is 4.92. The quantitative estimate of drug-likeness (QED) is 0.454. The van der Waals surface area contributed by atoms with E-state index < -0.39 is 0 Å². The fourth-order valence-corrected chi connectivity index (χ4v) is 6.44. The normalized spacial score (nSPS) is 19.2. The fourth-order valence-electron chi connectivity index (χ4n) is 3.46. The molecular formula is C23H21NOSe. The third-order valence-electron chi connectivity index (χ3n) is 4.73. The molecule has 3 heteroatoms. The molecule has 1 aliphatic rings. The third-order valence-corrected chi connectivity index (χ3v) is 7.55. The van der Waals surface area contributed by atoms with Crippen LogP contribution in [0.4, 0.5) is 0 Å². The number of hydrogen-bond donors (Lipinski definition) is 0. The van der Waals surface area contributed by atoms with Gasteiger partial charge in [0.05, 0.1) is 0 Å². The van der Waals surface area contributed by atoms with Gasteiger partial charge in [-0.1, -0.05) is 0 Å². The maximum absolute atomic E-state index is 13.2. The van der Waals surface area contributed by atoms with Crippen molar-refractivity contribution >= 4 is 25.3 Å². The van der Waals surface area contributed by atoms with Crippen LogP contribution in [-0.2, 0) is 17.8 Å². The molecule has 0 aliphatic carbocycles. The van der Waals surface area contributed by atoms with Gasteiger partial charge < -0.3 is 0 Å². The first-order valence-electron chi connectivity index (χ1n) is 8.86. The van der Waals surface area contributed by atoms with Gasteiger partial charge in [0.15, 0.2) is 0 Å². The number of rotatable bonds is 6. The zero-order chi connectivity index (χ0) is 17.8. The molecule has 4 rings (SSSR count). The van der Waals surface area contributed by atoms with Crippen LogP contribution in [0.25, 0.3) is 0 Å². The van der Waals surface area contributed by atoms with E-state index in [-0.39, 0.29) is 19.3 Å². The van der Waals surface area contributed by atoms with E-state index in [9.17, 15) is 4.79 Å². The molecular weight excluding hydrogens is 385 g/mol. The van der Waals surface area contributed by atoms with Crippen LogP contribution in [-0.4, -0.2) is 32.3 Å². The molecule has 0 aromatic heterocycles. The maximum atomic E-state index is 13.2. The van der Waals surface area contributed by atoms with Crippen molar-refractivity contribution in [3.63, 3.8) is 0 Å². The topological polar surface area (TPSA) is 20.3 Å². The summed E-state index contributed by atoms with van der Waals surface area (Å²) in [6, 6.07) is 31.2. The van der Waals surface area contributed by atoms with E-state index in [1.165, 1.54) is 15.6 Å². The predicted molar refractivity (Wildman–Crippen MR) is 107 cm³/mol. The van der Waals surface area contributed by atoms with E-state index in [2.05, 4.69) is 60.7 Å². The van der Waals surface area contributed by atoms with Gasteiger partial charge in [0, 0.05) is 0 Å². The molecule has 3 aromatic carbocycles.